The van der Waals surface area contributed by atoms with Gasteiger partial charge < -0.3 is 5.32 Å². The lowest BCUT2D eigenvalue weighted by atomic mass is 10.0. The van der Waals surface area contributed by atoms with Crippen LogP contribution in [0, 0.1) is 18.8 Å². The number of imide groups is 1. The van der Waals surface area contributed by atoms with Crippen LogP contribution in [0.1, 0.15) is 18.5 Å². The lowest BCUT2D eigenvalue weighted by Crippen LogP contribution is -2.54. The van der Waals surface area contributed by atoms with Crippen LogP contribution in [0.25, 0.3) is 0 Å². The number of aliphatic imine (C=N–C) groups is 2. The molecule has 1 aliphatic carbocycles. The van der Waals surface area contributed by atoms with Gasteiger partial charge in [-0.3, -0.25) is 9.59 Å². The van der Waals surface area contributed by atoms with Crippen LogP contribution in [0.5, 0.6) is 0 Å². The highest BCUT2D eigenvalue weighted by Gasteiger charge is 2.50. The number of urea groups is 1. The summed E-state index contributed by atoms with van der Waals surface area (Å²) in [5, 5.41) is 5.66. The van der Waals surface area contributed by atoms with E-state index in [2.05, 4.69) is 20.3 Å². The van der Waals surface area contributed by atoms with Crippen molar-refractivity contribution in [3.05, 3.63) is 11.1 Å². The molecule has 1 atom stereocenters. The first-order valence-corrected chi connectivity index (χ1v) is 10.7. The van der Waals surface area contributed by atoms with Crippen LogP contribution < -0.4 is 5.32 Å². The quantitative estimate of drug-likeness (QED) is 0.746. The predicted octanol–water partition coefficient (Wildman–Crippen LogP) is 1.59. The zero-order valence-corrected chi connectivity index (χ0v) is 17.3. The highest BCUT2D eigenvalue weighted by atomic mass is 32.2. The van der Waals surface area contributed by atoms with E-state index in [9.17, 15) is 14.4 Å². The third-order valence-corrected chi connectivity index (χ3v) is 6.52. The minimum atomic E-state index is -0.755. The van der Waals surface area contributed by atoms with Crippen LogP contribution in [0.3, 0.4) is 0 Å². The summed E-state index contributed by atoms with van der Waals surface area (Å²) in [5.74, 6) is 0.0298. The van der Waals surface area contributed by atoms with Crippen LogP contribution >= 0.6 is 23.1 Å². The molecule has 9 nitrogen and oxygen atoms in total. The second-order valence-electron chi connectivity index (χ2n) is 6.86. The summed E-state index contributed by atoms with van der Waals surface area (Å²) in [7, 11) is 3.05. The van der Waals surface area contributed by atoms with E-state index >= 15 is 0 Å². The summed E-state index contributed by atoms with van der Waals surface area (Å²) in [6, 6.07) is -0.418. The number of aryl methyl sites for hydroxylation is 1. The smallest absolute Gasteiger partial charge is 0.301 e. The Morgan fingerprint density at radius 2 is 2.14 bits per heavy atom. The van der Waals surface area contributed by atoms with E-state index in [4.69, 9.17) is 0 Å². The number of carbonyl (C=O) groups excluding carboxylic acids is 3. The zero-order valence-electron chi connectivity index (χ0n) is 15.6. The summed E-state index contributed by atoms with van der Waals surface area (Å²) in [5.41, 5.74) is 0.845. The highest BCUT2D eigenvalue weighted by molar-refractivity contribution is 8.14. The third kappa shape index (κ3) is 3.51. The van der Waals surface area contributed by atoms with Crippen LogP contribution in [0.4, 0.5) is 9.93 Å². The van der Waals surface area contributed by atoms with Gasteiger partial charge in [0.15, 0.2) is 11.0 Å². The SMILES string of the molecule is Cc1csc(NC(=O)CSC2=NC(C3CC3)=NC3=[N+](C)C(=O)N(C)C(=O)C23)n1. The Morgan fingerprint density at radius 1 is 1.39 bits per heavy atom. The molecule has 4 amide bonds. The molecule has 28 heavy (non-hydrogen) atoms. The van der Waals surface area contributed by atoms with Gasteiger partial charge in [-0.1, -0.05) is 16.8 Å². The number of hydrogen-bond acceptors (Lipinski definition) is 8. The van der Waals surface area contributed by atoms with Crippen LogP contribution in [-0.4, -0.2) is 68.9 Å². The van der Waals surface area contributed by atoms with Crippen molar-refractivity contribution in [3.8, 4) is 0 Å². The molecule has 0 saturated heterocycles. The normalized spacial score (nSPS) is 22.1. The van der Waals surface area contributed by atoms with E-state index in [1.165, 1.54) is 34.7 Å². The largest absolute Gasteiger partial charge is 0.445 e. The molecule has 3 aliphatic rings. The second kappa shape index (κ2) is 7.21. The number of rotatable bonds is 4. The standard InChI is InChI=1S/C17H18N6O3S2/c1-8-6-28-16(18-8)19-10(24)7-27-14-11-13(20-12(21-14)9-4-5-9)22(2)17(26)23(3)15(11)25/h6,9,11H,4-5,7H2,1-3H3/p+1. The van der Waals surface area contributed by atoms with Gasteiger partial charge in [0.2, 0.25) is 11.7 Å². The van der Waals surface area contributed by atoms with E-state index in [0.29, 0.717) is 21.8 Å². The number of amides is 4. The van der Waals surface area contributed by atoms with Gasteiger partial charge in [0.1, 0.15) is 5.04 Å². The number of aromatic nitrogens is 1. The number of fused-ring (bicyclic) bond motifs is 1. The molecular weight excluding hydrogens is 400 g/mol. The fourth-order valence-electron chi connectivity index (χ4n) is 2.94. The average Bonchev–Trinajstić information content (AvgIpc) is 3.45. The van der Waals surface area contributed by atoms with Gasteiger partial charge in [-0.2, -0.15) is 9.48 Å². The molecule has 146 valence electrons. The number of thioether (sulfide) groups is 1. The Kier molecular flexibility index (Phi) is 4.88. The Hall–Kier alpha value is -2.40. The summed E-state index contributed by atoms with van der Waals surface area (Å²) in [6.07, 6.45) is 1.99. The van der Waals surface area contributed by atoms with Crippen molar-refractivity contribution >= 4 is 62.8 Å². The fraction of sp³-hybridized carbons (Fsp3) is 0.471. The molecule has 1 unspecified atom stereocenters. The number of nitrogens with one attached hydrogen (secondary N) is 1. The molecule has 0 radical (unpaired) electrons. The van der Waals surface area contributed by atoms with Crippen molar-refractivity contribution in [3.63, 3.8) is 0 Å². The number of hydrogen-bond donors (Lipinski definition) is 1. The van der Waals surface area contributed by atoms with Crippen molar-refractivity contribution < 1.29 is 19.0 Å². The number of anilines is 1. The molecule has 4 rings (SSSR count). The number of nitrogens with zero attached hydrogens (tertiary/aromatic N) is 5. The molecule has 2 aliphatic heterocycles. The summed E-state index contributed by atoms with van der Waals surface area (Å²) < 4.78 is 1.39. The second-order valence-corrected chi connectivity index (χ2v) is 8.71. The molecule has 3 heterocycles. The third-order valence-electron chi connectivity index (χ3n) is 4.61. The molecule has 1 saturated carbocycles. The zero-order chi connectivity index (χ0) is 20.0. The van der Waals surface area contributed by atoms with Gasteiger partial charge in [-0.05, 0) is 19.8 Å². The van der Waals surface area contributed by atoms with Gasteiger partial charge in [0.25, 0.3) is 5.84 Å². The van der Waals surface area contributed by atoms with E-state index in [1.54, 1.807) is 7.05 Å². The van der Waals surface area contributed by atoms with Crippen molar-refractivity contribution in [2.45, 2.75) is 19.8 Å². The molecule has 0 aromatic carbocycles. The van der Waals surface area contributed by atoms with E-state index in [-0.39, 0.29) is 23.5 Å². The fourth-order valence-corrected chi connectivity index (χ4v) is 4.52. The van der Waals surface area contributed by atoms with Crippen molar-refractivity contribution in [1.82, 2.24) is 9.88 Å². The van der Waals surface area contributed by atoms with Crippen molar-refractivity contribution in [1.29, 1.82) is 0 Å². The summed E-state index contributed by atoms with van der Waals surface area (Å²) in [4.78, 5) is 51.7. The molecule has 1 aromatic rings. The average molecular weight is 420 g/mol. The van der Waals surface area contributed by atoms with Gasteiger partial charge >= 0.3 is 11.9 Å². The van der Waals surface area contributed by atoms with Crippen LogP contribution in [0.2, 0.25) is 0 Å². The van der Waals surface area contributed by atoms with Crippen LogP contribution in [-0.2, 0) is 9.59 Å². The van der Waals surface area contributed by atoms with Gasteiger partial charge in [0, 0.05) is 11.3 Å². The van der Waals surface area contributed by atoms with E-state index in [0.717, 1.165) is 23.4 Å². The van der Waals surface area contributed by atoms with Crippen LogP contribution in [0.15, 0.2) is 15.4 Å². The Labute approximate surface area is 169 Å². The maximum absolute atomic E-state index is 12.7. The van der Waals surface area contributed by atoms with Crippen molar-refractivity contribution in [2.75, 3.05) is 25.2 Å². The maximum Gasteiger partial charge on any atom is 0.445 e. The Balaban J connectivity index is 1.56. The molecule has 0 spiro atoms. The Bertz CT molecular complexity index is 975. The Morgan fingerprint density at radius 3 is 2.79 bits per heavy atom. The molecule has 1 N–H and O–H groups in total. The molecule has 0 bridgehead atoms. The monoisotopic (exact) mass is 419 g/mol. The first-order chi connectivity index (χ1) is 13.3. The maximum atomic E-state index is 12.7. The summed E-state index contributed by atoms with van der Waals surface area (Å²) >= 11 is 2.56. The van der Waals surface area contributed by atoms with E-state index < -0.39 is 11.9 Å². The lowest BCUT2D eigenvalue weighted by Gasteiger charge is -2.26. The number of amidine groups is 2. The molecular formula is C17H19N6O3S2+. The summed E-state index contributed by atoms with van der Waals surface area (Å²) in [6.45, 7) is 1.86. The first kappa shape index (κ1) is 18.9. The predicted molar refractivity (Wildman–Crippen MR) is 108 cm³/mol. The molecule has 1 fully saturated rings. The van der Waals surface area contributed by atoms with Gasteiger partial charge in [0.05, 0.1) is 25.5 Å². The molecule has 11 heteroatoms. The minimum absolute atomic E-state index is 0.0911. The van der Waals surface area contributed by atoms with E-state index in [1.807, 2.05) is 12.3 Å². The van der Waals surface area contributed by atoms with Gasteiger partial charge in [-0.25, -0.2) is 14.8 Å². The number of thiazole rings is 1. The molecule has 1 aromatic heterocycles. The van der Waals surface area contributed by atoms with Gasteiger partial charge in [-0.15, -0.1) is 11.3 Å². The highest BCUT2D eigenvalue weighted by Crippen LogP contribution is 2.35. The topological polar surface area (TPSA) is 107 Å². The minimum Gasteiger partial charge on any atom is -0.301 e. The first-order valence-electron chi connectivity index (χ1n) is 8.79. The lowest BCUT2D eigenvalue weighted by molar-refractivity contribution is -0.407. The van der Waals surface area contributed by atoms with Crippen molar-refractivity contribution in [2.24, 2.45) is 21.8 Å². The number of carbonyl (C=O) groups is 3.